The zero-order valence-electron chi connectivity index (χ0n) is 21.2. The minimum absolute atomic E-state index is 0.116. The molecule has 2 amide bonds. The second-order valence-corrected chi connectivity index (χ2v) is 10.2. The number of alkyl carbamates (subject to hydrolysis) is 1. The predicted octanol–water partition coefficient (Wildman–Crippen LogP) is 3.46. The lowest BCUT2D eigenvalue weighted by Gasteiger charge is -2.33. The highest BCUT2D eigenvalue weighted by Gasteiger charge is 2.46. The van der Waals surface area contributed by atoms with Crippen molar-refractivity contribution in [3.05, 3.63) is 29.8 Å². The van der Waals surface area contributed by atoms with Gasteiger partial charge in [-0.2, -0.15) is 0 Å². The average molecular weight is 512 g/mol. The van der Waals surface area contributed by atoms with Gasteiger partial charge in [0.25, 0.3) is 5.91 Å². The Balaban J connectivity index is 2.24. The van der Waals surface area contributed by atoms with Gasteiger partial charge in [0.05, 0.1) is 18.7 Å². The number of alkyl halides is 3. The lowest BCUT2D eigenvalue weighted by atomic mass is 9.40. The normalized spacial score (nSPS) is 18.4. The number of carbonyl (C=O) groups excluding carboxylic acids is 2. The van der Waals surface area contributed by atoms with E-state index in [4.69, 9.17) is 4.74 Å². The van der Waals surface area contributed by atoms with Crippen molar-refractivity contribution in [3.63, 3.8) is 0 Å². The quantitative estimate of drug-likeness (QED) is 0.405. The Bertz CT molecular complexity index is 960. The third kappa shape index (κ3) is 8.60. The zero-order valence-corrected chi connectivity index (χ0v) is 21.2. The van der Waals surface area contributed by atoms with Crippen molar-refractivity contribution in [1.82, 2.24) is 15.8 Å². The van der Waals surface area contributed by atoms with E-state index in [2.05, 4.69) is 26.2 Å². The Labute approximate surface area is 209 Å². The van der Waals surface area contributed by atoms with Crippen molar-refractivity contribution in [2.45, 2.75) is 71.5 Å². The molecule has 2 atom stereocenters. The summed E-state index contributed by atoms with van der Waals surface area (Å²) in [6, 6.07) is 4.31. The van der Waals surface area contributed by atoms with Crippen LogP contribution in [-0.4, -0.2) is 61.4 Å². The number of halogens is 3. The Morgan fingerprint density at radius 2 is 1.89 bits per heavy atom. The Hall–Kier alpha value is -2.98. The molecule has 36 heavy (non-hydrogen) atoms. The standard InChI is InChI=1S/C23H32BF3N4O5/c1-21(2,3)18(29-20(33)34-6)19(32)30-31(13-17-11-24(14-28)22(4,5)35-17)12-15-7-9-16(10-8-15)36-23(25,26)27/h7-10,17-18H,11-13H2,1-6H3,(H,29,33)(H,30,32). The molecule has 1 aliphatic heterocycles. The third-order valence-electron chi connectivity index (χ3n) is 5.76. The number of nitriles is 1. The van der Waals surface area contributed by atoms with Gasteiger partial charge in [0.1, 0.15) is 11.8 Å². The predicted molar refractivity (Wildman–Crippen MR) is 126 cm³/mol. The summed E-state index contributed by atoms with van der Waals surface area (Å²) in [6.07, 6.45) is -5.52. The molecule has 9 nitrogen and oxygen atoms in total. The minimum Gasteiger partial charge on any atom is -0.453 e. The molecule has 0 aromatic heterocycles. The van der Waals surface area contributed by atoms with Crippen LogP contribution in [0.25, 0.3) is 0 Å². The minimum atomic E-state index is -4.81. The van der Waals surface area contributed by atoms with Crippen LogP contribution in [0.15, 0.2) is 24.3 Å². The number of hydrogen-bond donors (Lipinski definition) is 2. The highest BCUT2D eigenvalue weighted by Crippen LogP contribution is 2.30. The number of nitrogens with one attached hydrogen (secondary N) is 2. The van der Waals surface area contributed by atoms with Gasteiger partial charge >= 0.3 is 19.2 Å². The second kappa shape index (κ2) is 11.4. The summed E-state index contributed by atoms with van der Waals surface area (Å²) in [6.45, 7) is 8.93. The summed E-state index contributed by atoms with van der Waals surface area (Å²) in [5.41, 5.74) is 2.04. The molecule has 1 saturated heterocycles. The van der Waals surface area contributed by atoms with Crippen molar-refractivity contribution in [3.8, 4) is 11.7 Å². The lowest BCUT2D eigenvalue weighted by Crippen LogP contribution is -2.57. The molecule has 0 bridgehead atoms. The van der Waals surface area contributed by atoms with E-state index in [0.717, 1.165) is 0 Å². The fourth-order valence-electron chi connectivity index (χ4n) is 3.91. The maximum absolute atomic E-state index is 13.2. The van der Waals surface area contributed by atoms with Crippen LogP contribution in [0.2, 0.25) is 6.32 Å². The van der Waals surface area contributed by atoms with E-state index < -0.39 is 35.3 Å². The maximum Gasteiger partial charge on any atom is 0.573 e. The van der Waals surface area contributed by atoms with Gasteiger partial charge in [0.2, 0.25) is 0 Å². The summed E-state index contributed by atoms with van der Waals surface area (Å²) < 4.78 is 52.0. The molecule has 1 aliphatic rings. The maximum atomic E-state index is 13.2. The number of carbonyl (C=O) groups is 2. The van der Waals surface area contributed by atoms with E-state index in [1.807, 2.05) is 13.8 Å². The van der Waals surface area contributed by atoms with Gasteiger partial charge in [-0.3, -0.25) is 10.2 Å². The third-order valence-corrected chi connectivity index (χ3v) is 5.76. The summed E-state index contributed by atoms with van der Waals surface area (Å²) >= 11 is 0. The van der Waals surface area contributed by atoms with Crippen molar-refractivity contribution < 1.29 is 37.0 Å². The first-order valence-electron chi connectivity index (χ1n) is 11.4. The highest BCUT2D eigenvalue weighted by atomic mass is 19.4. The summed E-state index contributed by atoms with van der Waals surface area (Å²) in [5, 5.41) is 13.5. The van der Waals surface area contributed by atoms with Crippen LogP contribution < -0.4 is 15.5 Å². The Morgan fingerprint density at radius 3 is 2.36 bits per heavy atom. The summed E-state index contributed by atoms with van der Waals surface area (Å²) in [5.74, 6) is 1.36. The monoisotopic (exact) mass is 512 g/mol. The fourth-order valence-corrected chi connectivity index (χ4v) is 3.91. The number of ether oxygens (including phenoxy) is 3. The molecule has 2 N–H and O–H groups in total. The van der Waals surface area contributed by atoms with E-state index in [9.17, 15) is 28.0 Å². The van der Waals surface area contributed by atoms with Crippen LogP contribution in [-0.2, 0) is 20.8 Å². The number of rotatable bonds is 8. The van der Waals surface area contributed by atoms with E-state index in [-0.39, 0.29) is 31.7 Å². The smallest absolute Gasteiger partial charge is 0.453 e. The highest BCUT2D eigenvalue weighted by molar-refractivity contribution is 6.70. The van der Waals surface area contributed by atoms with Crippen molar-refractivity contribution in [1.29, 1.82) is 5.26 Å². The van der Waals surface area contributed by atoms with Gasteiger partial charge in [0.15, 0.2) is 0 Å². The van der Waals surface area contributed by atoms with E-state index in [0.29, 0.717) is 11.9 Å². The second-order valence-electron chi connectivity index (χ2n) is 10.2. The van der Waals surface area contributed by atoms with Gasteiger partial charge in [-0.05, 0) is 43.3 Å². The van der Waals surface area contributed by atoms with E-state index in [1.54, 1.807) is 25.8 Å². The first-order chi connectivity index (χ1) is 16.5. The van der Waals surface area contributed by atoms with Crippen LogP contribution in [0.5, 0.6) is 5.75 Å². The molecule has 0 aliphatic carbocycles. The molecule has 198 valence electrons. The van der Waals surface area contributed by atoms with Crippen LogP contribution in [0.1, 0.15) is 40.2 Å². The average Bonchev–Trinajstić information content (AvgIpc) is 3.03. The molecule has 0 saturated carbocycles. The van der Waals surface area contributed by atoms with Gasteiger partial charge in [0, 0.05) is 19.1 Å². The SMILES string of the molecule is COC(=O)NC(C(=O)NN(Cc1ccc(OC(F)(F)F)cc1)CC1CB(C#N)C(C)(C)O1)C(C)(C)C. The number of hydrogen-bond acceptors (Lipinski definition) is 7. The van der Waals surface area contributed by atoms with Crippen LogP contribution >= 0.6 is 0 Å². The molecule has 13 heteroatoms. The molecule has 1 fully saturated rings. The molecule has 2 unspecified atom stereocenters. The zero-order chi connectivity index (χ0) is 27.3. The Morgan fingerprint density at radius 1 is 1.28 bits per heavy atom. The topological polar surface area (TPSA) is 113 Å². The largest absolute Gasteiger partial charge is 0.573 e. The van der Waals surface area contributed by atoms with Crippen LogP contribution in [0.4, 0.5) is 18.0 Å². The van der Waals surface area contributed by atoms with E-state index in [1.165, 1.54) is 31.4 Å². The molecule has 1 aromatic rings. The van der Waals surface area contributed by atoms with Gasteiger partial charge < -0.3 is 19.5 Å². The van der Waals surface area contributed by atoms with Crippen molar-refractivity contribution >= 4 is 18.7 Å². The first kappa shape index (κ1) is 29.3. The Kier molecular flexibility index (Phi) is 9.26. The summed E-state index contributed by atoms with van der Waals surface area (Å²) in [7, 11) is 1.19. The molecule has 2 rings (SSSR count). The number of hydrazine groups is 1. The fraction of sp³-hybridized carbons (Fsp3) is 0.609. The number of amides is 2. The molecular formula is C23H32BF3N4O5. The van der Waals surface area contributed by atoms with Crippen molar-refractivity contribution in [2.24, 2.45) is 5.41 Å². The number of nitrogens with zero attached hydrogens (tertiary/aromatic N) is 2. The van der Waals surface area contributed by atoms with E-state index >= 15 is 0 Å². The lowest BCUT2D eigenvalue weighted by molar-refractivity contribution is -0.274. The van der Waals surface area contributed by atoms with Gasteiger partial charge in [-0.15, -0.1) is 13.2 Å². The molecule has 0 spiro atoms. The number of benzene rings is 1. The summed E-state index contributed by atoms with van der Waals surface area (Å²) in [4.78, 5) is 25.0. The van der Waals surface area contributed by atoms with Crippen molar-refractivity contribution in [2.75, 3.05) is 13.7 Å². The molecule has 0 radical (unpaired) electrons. The molecular weight excluding hydrogens is 480 g/mol. The number of methoxy groups -OCH3 is 1. The first-order valence-corrected chi connectivity index (χ1v) is 11.4. The van der Waals surface area contributed by atoms with Gasteiger partial charge in [-0.25, -0.2) is 15.1 Å². The van der Waals surface area contributed by atoms with Gasteiger partial charge in [-0.1, -0.05) is 32.9 Å². The molecule has 1 aromatic carbocycles. The van der Waals surface area contributed by atoms with Crippen LogP contribution in [0.3, 0.4) is 0 Å². The van der Waals surface area contributed by atoms with Crippen LogP contribution in [0, 0.1) is 16.6 Å². The molecule has 1 heterocycles.